The first-order valence-electron chi connectivity index (χ1n) is 13.4. The third-order valence-corrected chi connectivity index (χ3v) is 6.07. The van der Waals surface area contributed by atoms with E-state index in [9.17, 15) is 4.79 Å². The van der Waals surface area contributed by atoms with Gasteiger partial charge in [-0.2, -0.15) is 0 Å². The van der Waals surface area contributed by atoms with E-state index in [1.54, 1.807) is 18.6 Å². The Balaban J connectivity index is 0.000000227. The summed E-state index contributed by atoms with van der Waals surface area (Å²) in [7, 11) is 0. The Morgan fingerprint density at radius 2 is 1.13 bits per heavy atom. The summed E-state index contributed by atoms with van der Waals surface area (Å²) in [6, 6.07) is 24.5. The summed E-state index contributed by atoms with van der Waals surface area (Å²) in [6.45, 7) is 15.5. The van der Waals surface area contributed by atoms with Crippen molar-refractivity contribution in [3.05, 3.63) is 131 Å². The molecular weight excluding hydrogens is 480 g/mol. The number of hydrogen-bond donors (Lipinski definition) is 2. The molecule has 3 N–H and O–H groups in total. The normalized spacial score (nSPS) is 10.9. The minimum absolute atomic E-state index is 0.168. The Kier molecular flexibility index (Phi) is 12.7. The molecule has 5 nitrogen and oxygen atoms in total. The molecule has 0 bridgehead atoms. The maximum absolute atomic E-state index is 10.4. The predicted octanol–water partition coefficient (Wildman–Crippen LogP) is 7.01. The molecule has 0 amide bonds. The van der Waals surface area contributed by atoms with Crippen LogP contribution in [0, 0.1) is 0 Å². The molecule has 0 fully saturated rings. The minimum atomic E-state index is 0.168. The molecule has 0 aliphatic rings. The van der Waals surface area contributed by atoms with Gasteiger partial charge in [0.1, 0.15) is 6.29 Å². The number of nitrogens with zero attached hydrogens (tertiary/aromatic N) is 2. The summed E-state index contributed by atoms with van der Waals surface area (Å²) < 4.78 is 0. The van der Waals surface area contributed by atoms with Crippen LogP contribution in [-0.2, 0) is 30.5 Å². The van der Waals surface area contributed by atoms with Crippen LogP contribution in [0.2, 0.25) is 0 Å². The van der Waals surface area contributed by atoms with Crippen LogP contribution in [0.3, 0.4) is 0 Å². The molecule has 0 saturated heterocycles. The summed E-state index contributed by atoms with van der Waals surface area (Å²) in [5.74, 6) is 0. The number of carbonyl (C=O) groups excluding carboxylic acids is 1. The van der Waals surface area contributed by atoms with Gasteiger partial charge in [0.05, 0.1) is 0 Å². The van der Waals surface area contributed by atoms with E-state index in [1.807, 2.05) is 48.7 Å². The molecule has 4 rings (SSSR count). The highest BCUT2D eigenvalue weighted by atomic mass is 16.1. The lowest BCUT2D eigenvalue weighted by Crippen LogP contribution is -2.14. The number of aromatic nitrogens is 2. The van der Waals surface area contributed by atoms with Crippen LogP contribution < -0.4 is 11.1 Å². The Bertz CT molecular complexity index is 1210. The average Bonchev–Trinajstić information content (AvgIpc) is 2.94. The molecule has 0 unspecified atom stereocenters. The van der Waals surface area contributed by atoms with Gasteiger partial charge >= 0.3 is 0 Å². The highest BCUT2D eigenvalue weighted by Gasteiger charge is 2.13. The van der Waals surface area contributed by atoms with Gasteiger partial charge < -0.3 is 11.1 Å². The van der Waals surface area contributed by atoms with E-state index < -0.39 is 0 Å². The number of nitrogens with one attached hydrogen (secondary N) is 1. The number of carbonyl (C=O) groups is 1. The summed E-state index contributed by atoms with van der Waals surface area (Å²) in [5, 5.41) is 3.44. The van der Waals surface area contributed by atoms with E-state index in [-0.39, 0.29) is 10.8 Å². The molecule has 2 heterocycles. The fraction of sp³-hybridized carbons (Fsp3) is 0.324. The van der Waals surface area contributed by atoms with E-state index >= 15 is 0 Å². The Morgan fingerprint density at radius 3 is 1.51 bits per heavy atom. The second-order valence-corrected chi connectivity index (χ2v) is 11.5. The van der Waals surface area contributed by atoms with E-state index in [1.165, 1.54) is 22.3 Å². The van der Waals surface area contributed by atoms with Crippen molar-refractivity contribution in [1.29, 1.82) is 0 Å². The van der Waals surface area contributed by atoms with E-state index in [2.05, 4.69) is 87.2 Å². The molecule has 0 aliphatic carbocycles. The summed E-state index contributed by atoms with van der Waals surface area (Å²) in [5.41, 5.74) is 12.7. The van der Waals surface area contributed by atoms with Gasteiger partial charge in [0.15, 0.2) is 0 Å². The monoisotopic (exact) mass is 524 g/mol. The van der Waals surface area contributed by atoms with E-state index in [0.29, 0.717) is 6.54 Å². The maximum Gasteiger partial charge on any atom is 0.150 e. The van der Waals surface area contributed by atoms with Crippen LogP contribution in [0.5, 0.6) is 0 Å². The lowest BCUT2D eigenvalue weighted by atomic mass is 9.87. The SMILES string of the molecule is CC(C)(C)c1ccc(C=O)cc1.CC(C)(C)c1ccc(CNCc2cccnc2)cc1.NCc1cccnc1. The lowest BCUT2D eigenvalue weighted by Gasteiger charge is -2.19. The van der Waals surface area contributed by atoms with Crippen LogP contribution in [0.4, 0.5) is 0 Å². The Labute approximate surface area is 234 Å². The fourth-order valence-electron chi connectivity index (χ4n) is 3.56. The predicted molar refractivity (Wildman–Crippen MR) is 163 cm³/mol. The first-order valence-corrected chi connectivity index (χ1v) is 13.4. The van der Waals surface area contributed by atoms with Crippen molar-refractivity contribution in [3.8, 4) is 0 Å². The zero-order valence-electron chi connectivity index (χ0n) is 24.3. The molecule has 39 heavy (non-hydrogen) atoms. The van der Waals surface area contributed by atoms with E-state index in [4.69, 9.17) is 5.73 Å². The largest absolute Gasteiger partial charge is 0.326 e. The number of aldehydes is 1. The van der Waals surface area contributed by atoms with Gasteiger partial charge in [0.2, 0.25) is 0 Å². The first-order chi connectivity index (χ1) is 18.5. The summed E-state index contributed by atoms with van der Waals surface area (Å²) in [6.07, 6.45) is 8.07. The topological polar surface area (TPSA) is 80.9 Å². The molecule has 0 spiro atoms. The van der Waals surface area contributed by atoms with Crippen LogP contribution in [-0.4, -0.2) is 16.3 Å². The molecule has 206 valence electrons. The maximum atomic E-state index is 10.4. The van der Waals surface area contributed by atoms with Gasteiger partial charge in [-0.15, -0.1) is 0 Å². The highest BCUT2D eigenvalue weighted by molar-refractivity contribution is 5.74. The van der Waals surface area contributed by atoms with Crippen molar-refractivity contribution in [2.24, 2.45) is 5.73 Å². The molecular formula is C34H44N4O. The minimum Gasteiger partial charge on any atom is -0.326 e. The molecule has 4 aromatic rings. The van der Waals surface area contributed by atoms with Gasteiger partial charge in [-0.05, 0) is 50.8 Å². The zero-order chi connectivity index (χ0) is 28.7. The lowest BCUT2D eigenvalue weighted by molar-refractivity contribution is 0.112. The van der Waals surface area contributed by atoms with Gasteiger partial charge in [0, 0.05) is 50.0 Å². The zero-order valence-corrected chi connectivity index (χ0v) is 24.3. The Morgan fingerprint density at radius 1 is 0.667 bits per heavy atom. The number of pyridine rings is 2. The van der Waals surface area contributed by atoms with Crippen molar-refractivity contribution in [2.75, 3.05) is 0 Å². The van der Waals surface area contributed by atoms with Crippen molar-refractivity contribution in [2.45, 2.75) is 72.0 Å². The first kappa shape index (κ1) is 31.5. The van der Waals surface area contributed by atoms with Gasteiger partial charge in [0.25, 0.3) is 0 Å². The van der Waals surface area contributed by atoms with Crippen molar-refractivity contribution >= 4 is 6.29 Å². The van der Waals surface area contributed by atoms with Gasteiger partial charge in [-0.3, -0.25) is 14.8 Å². The standard InChI is InChI=1S/C17H22N2.C11H14O.C6H8N2/c1-17(2,3)16-8-6-14(7-9-16)11-19-13-15-5-4-10-18-12-15;1-11(2,3)10-6-4-9(8-12)5-7-10;7-4-6-2-1-3-8-5-6/h4-10,12,19H,11,13H2,1-3H3;4-8H,1-3H3;1-3,5H,4,7H2. The van der Waals surface area contributed by atoms with Crippen LogP contribution >= 0.6 is 0 Å². The van der Waals surface area contributed by atoms with Gasteiger partial charge in [-0.25, -0.2) is 0 Å². The van der Waals surface area contributed by atoms with Crippen molar-refractivity contribution in [3.63, 3.8) is 0 Å². The van der Waals surface area contributed by atoms with Gasteiger partial charge in [-0.1, -0.05) is 102 Å². The Hall–Kier alpha value is -3.67. The number of nitrogens with two attached hydrogens (primary N) is 1. The number of benzene rings is 2. The second-order valence-electron chi connectivity index (χ2n) is 11.5. The number of rotatable bonds is 6. The molecule has 2 aromatic carbocycles. The number of hydrogen-bond acceptors (Lipinski definition) is 5. The third kappa shape index (κ3) is 12.2. The van der Waals surface area contributed by atoms with Crippen LogP contribution in [0.25, 0.3) is 0 Å². The van der Waals surface area contributed by atoms with Crippen molar-refractivity contribution < 1.29 is 4.79 Å². The second kappa shape index (κ2) is 15.7. The summed E-state index contributed by atoms with van der Waals surface area (Å²) >= 11 is 0. The molecule has 0 aliphatic heterocycles. The molecule has 0 saturated carbocycles. The van der Waals surface area contributed by atoms with Crippen molar-refractivity contribution in [1.82, 2.24) is 15.3 Å². The quantitative estimate of drug-likeness (QED) is 0.265. The fourth-order valence-corrected chi connectivity index (χ4v) is 3.56. The molecule has 2 aromatic heterocycles. The highest BCUT2D eigenvalue weighted by Crippen LogP contribution is 2.22. The average molecular weight is 525 g/mol. The van der Waals surface area contributed by atoms with E-state index in [0.717, 1.165) is 30.5 Å². The summed E-state index contributed by atoms with van der Waals surface area (Å²) in [4.78, 5) is 18.4. The van der Waals surface area contributed by atoms with Crippen LogP contribution in [0.1, 0.15) is 79.7 Å². The molecule has 0 radical (unpaired) electrons. The molecule has 0 atom stereocenters. The smallest absolute Gasteiger partial charge is 0.150 e. The molecule has 5 heteroatoms. The third-order valence-electron chi connectivity index (χ3n) is 6.07. The van der Waals surface area contributed by atoms with Crippen LogP contribution in [0.15, 0.2) is 97.6 Å².